The Kier molecular flexibility index (Phi) is 4.89. The maximum atomic E-state index is 6.28. The Labute approximate surface area is 156 Å². The molecule has 7 heteroatoms. The van der Waals surface area contributed by atoms with Gasteiger partial charge in [-0.2, -0.15) is 16.0 Å². The third kappa shape index (κ3) is 3.52. The zero-order valence-corrected chi connectivity index (χ0v) is 15.9. The molecule has 0 saturated carbocycles. The fraction of sp³-hybridized carbons (Fsp3) is 0.118. The van der Waals surface area contributed by atoms with E-state index in [2.05, 4.69) is 33.4 Å². The Morgan fingerprint density at radius 2 is 1.92 bits per heavy atom. The first-order valence-corrected chi connectivity index (χ1v) is 11.2. The lowest BCUT2D eigenvalue weighted by Gasteiger charge is -2.14. The number of hydrogen-bond donors (Lipinski definition) is 1. The Hall–Kier alpha value is -1.34. The highest BCUT2D eigenvalue weighted by molar-refractivity contribution is 8.40. The molecule has 24 heavy (non-hydrogen) atoms. The number of thiazole rings is 1. The van der Waals surface area contributed by atoms with Gasteiger partial charge < -0.3 is 0 Å². The van der Waals surface area contributed by atoms with Crippen molar-refractivity contribution < 1.29 is 0 Å². The highest BCUT2D eigenvalue weighted by Gasteiger charge is 2.17. The molecule has 1 aliphatic heterocycles. The second-order valence-electron chi connectivity index (χ2n) is 5.20. The fourth-order valence-corrected chi connectivity index (χ4v) is 6.76. The average Bonchev–Trinajstić information content (AvgIpc) is 3.21. The van der Waals surface area contributed by atoms with Crippen molar-refractivity contribution in [3.05, 3.63) is 59.1 Å². The molecule has 0 bridgehead atoms. The van der Waals surface area contributed by atoms with Crippen molar-refractivity contribution in [3.8, 4) is 0 Å². The lowest BCUT2D eigenvalue weighted by atomic mass is 10.2. The maximum Gasteiger partial charge on any atom is 0.151 e. The minimum absolute atomic E-state index is 0.491. The number of rotatable bonds is 5. The number of benzene rings is 2. The molecule has 1 unspecified atom stereocenters. The zero-order valence-electron chi connectivity index (χ0n) is 12.6. The summed E-state index contributed by atoms with van der Waals surface area (Å²) >= 11 is 9.75. The molecule has 122 valence electrons. The second-order valence-corrected chi connectivity index (χ2v) is 9.87. The number of para-hydroxylation sites is 1. The molecule has 1 aromatic heterocycles. The van der Waals surface area contributed by atoms with Gasteiger partial charge in [-0.1, -0.05) is 53.7 Å². The molecule has 0 N–H and O–H groups in total. The molecule has 0 aliphatic carbocycles. The molecule has 1 aliphatic rings. The summed E-state index contributed by atoms with van der Waals surface area (Å²) in [6, 6.07) is 16.2. The Morgan fingerprint density at radius 3 is 2.79 bits per heavy atom. The predicted octanol–water partition coefficient (Wildman–Crippen LogP) is 5.60. The van der Waals surface area contributed by atoms with Crippen LogP contribution in [0.15, 0.2) is 63.1 Å². The summed E-state index contributed by atoms with van der Waals surface area (Å²) in [4.78, 5) is 4.67. The first-order valence-electron chi connectivity index (χ1n) is 7.38. The summed E-state index contributed by atoms with van der Waals surface area (Å²) in [5.74, 6) is 1.73. The normalized spacial score (nSPS) is 18.2. The van der Waals surface area contributed by atoms with Crippen LogP contribution in [0.4, 0.5) is 0 Å². The lowest BCUT2D eigenvalue weighted by Crippen LogP contribution is -2.03. The summed E-state index contributed by atoms with van der Waals surface area (Å²) in [5, 5.41) is 10.5. The molecule has 2 heterocycles. The van der Waals surface area contributed by atoms with Crippen LogP contribution in [0, 0.1) is 0 Å². The van der Waals surface area contributed by atoms with Crippen LogP contribution in [0.2, 0.25) is 5.02 Å². The Balaban J connectivity index is 1.43. The first kappa shape index (κ1) is 16.1. The standard InChI is InChI=1S/C17H14ClN3S3/c18-13-6-2-1-5-12(13)10-24-11-19-21-16(24)9-22-17-20-14-7-3-4-8-15(14)23-17/h1-8,11,24H,9-10H2. The van der Waals surface area contributed by atoms with Crippen LogP contribution in [-0.2, 0) is 5.75 Å². The van der Waals surface area contributed by atoms with E-state index in [4.69, 9.17) is 11.6 Å². The molecule has 3 aromatic rings. The van der Waals surface area contributed by atoms with Gasteiger partial charge >= 0.3 is 0 Å². The summed E-state index contributed by atoms with van der Waals surface area (Å²) in [6.45, 7) is 0. The van der Waals surface area contributed by atoms with Gasteiger partial charge in [0.15, 0.2) is 4.34 Å². The molecule has 0 radical (unpaired) electrons. The van der Waals surface area contributed by atoms with Crippen molar-refractivity contribution in [2.45, 2.75) is 10.1 Å². The van der Waals surface area contributed by atoms with E-state index in [0.29, 0.717) is 0 Å². The third-order valence-electron chi connectivity index (χ3n) is 3.59. The van der Waals surface area contributed by atoms with Gasteiger partial charge in [0, 0.05) is 16.5 Å². The third-order valence-corrected chi connectivity index (χ3v) is 8.34. The molecule has 2 aromatic carbocycles. The number of thioether (sulfide) groups is 1. The smallest absolute Gasteiger partial charge is 0.151 e. The average molecular weight is 392 g/mol. The second kappa shape index (κ2) is 7.27. The maximum absolute atomic E-state index is 6.28. The van der Waals surface area contributed by atoms with Crippen molar-refractivity contribution in [3.63, 3.8) is 0 Å². The number of thiol groups is 1. The topological polar surface area (TPSA) is 37.6 Å². The van der Waals surface area contributed by atoms with Crippen molar-refractivity contribution in [2.24, 2.45) is 10.2 Å². The summed E-state index contributed by atoms with van der Waals surface area (Å²) < 4.78 is 2.31. The van der Waals surface area contributed by atoms with E-state index in [1.165, 1.54) is 4.70 Å². The van der Waals surface area contributed by atoms with Crippen LogP contribution in [0.1, 0.15) is 5.56 Å². The minimum atomic E-state index is -0.491. The Bertz CT molecular complexity index is 902. The number of aromatic nitrogens is 1. The number of fused-ring (bicyclic) bond motifs is 1. The van der Waals surface area contributed by atoms with Crippen LogP contribution in [0.3, 0.4) is 0 Å². The summed E-state index contributed by atoms with van der Waals surface area (Å²) in [7, 11) is -0.491. The fourth-order valence-electron chi connectivity index (χ4n) is 2.37. The SMILES string of the molecule is Clc1ccccc1C[SH]1C=NN=C1CSc1nc2ccccc2s1. The molecular weight excluding hydrogens is 378 g/mol. The van der Waals surface area contributed by atoms with Gasteiger partial charge in [0.2, 0.25) is 0 Å². The number of hydrogen-bond acceptors (Lipinski definition) is 5. The minimum Gasteiger partial charge on any atom is -0.230 e. The van der Waals surface area contributed by atoms with Gasteiger partial charge in [0.1, 0.15) is 0 Å². The molecule has 0 spiro atoms. The van der Waals surface area contributed by atoms with E-state index in [9.17, 15) is 0 Å². The van der Waals surface area contributed by atoms with E-state index in [1.807, 2.05) is 35.9 Å². The van der Waals surface area contributed by atoms with Gasteiger partial charge in [0.25, 0.3) is 0 Å². The molecule has 3 nitrogen and oxygen atoms in total. The van der Waals surface area contributed by atoms with Crippen LogP contribution in [0.5, 0.6) is 0 Å². The quantitative estimate of drug-likeness (QED) is 0.454. The summed E-state index contributed by atoms with van der Waals surface area (Å²) in [6.07, 6.45) is 0. The Morgan fingerprint density at radius 1 is 1.08 bits per heavy atom. The highest BCUT2D eigenvalue weighted by Crippen LogP contribution is 2.38. The molecular formula is C17H14ClN3S3. The monoisotopic (exact) mass is 391 g/mol. The molecule has 0 saturated heterocycles. The van der Waals surface area contributed by atoms with Crippen molar-refractivity contribution in [2.75, 3.05) is 5.75 Å². The number of halogens is 1. The van der Waals surface area contributed by atoms with Crippen LogP contribution >= 0.6 is 45.6 Å². The van der Waals surface area contributed by atoms with Crippen molar-refractivity contribution in [1.29, 1.82) is 0 Å². The first-order chi connectivity index (χ1) is 11.8. The van der Waals surface area contributed by atoms with Gasteiger partial charge in [-0.15, -0.1) is 16.4 Å². The van der Waals surface area contributed by atoms with Gasteiger partial charge in [-0.3, -0.25) is 0 Å². The largest absolute Gasteiger partial charge is 0.230 e. The van der Waals surface area contributed by atoms with Gasteiger partial charge in [-0.25, -0.2) is 4.98 Å². The molecule has 0 amide bonds. The van der Waals surface area contributed by atoms with Gasteiger partial charge in [0.05, 0.1) is 20.8 Å². The van der Waals surface area contributed by atoms with Gasteiger partial charge in [-0.05, 0) is 23.8 Å². The van der Waals surface area contributed by atoms with Crippen LogP contribution in [-0.4, -0.2) is 21.3 Å². The molecule has 1 atom stereocenters. The van der Waals surface area contributed by atoms with E-state index in [1.54, 1.807) is 23.1 Å². The van der Waals surface area contributed by atoms with E-state index in [0.717, 1.165) is 37.0 Å². The van der Waals surface area contributed by atoms with Crippen molar-refractivity contribution >= 4 is 66.4 Å². The zero-order chi connectivity index (χ0) is 16.4. The number of nitrogens with zero attached hydrogens (tertiary/aromatic N) is 3. The van der Waals surface area contributed by atoms with Crippen molar-refractivity contribution in [1.82, 2.24) is 4.98 Å². The highest BCUT2D eigenvalue weighted by atomic mass is 35.5. The molecule has 0 fully saturated rings. The van der Waals surface area contributed by atoms with E-state index >= 15 is 0 Å². The lowest BCUT2D eigenvalue weighted by molar-refractivity contribution is 1.27. The van der Waals surface area contributed by atoms with E-state index in [-0.39, 0.29) is 0 Å². The van der Waals surface area contributed by atoms with Crippen LogP contribution in [0.25, 0.3) is 10.2 Å². The predicted molar refractivity (Wildman–Crippen MR) is 110 cm³/mol. The summed E-state index contributed by atoms with van der Waals surface area (Å²) in [5.41, 5.74) is 4.21. The van der Waals surface area contributed by atoms with Crippen LogP contribution < -0.4 is 0 Å². The van der Waals surface area contributed by atoms with E-state index < -0.39 is 10.9 Å². The molecule has 4 rings (SSSR count).